The van der Waals surface area contributed by atoms with Crippen molar-refractivity contribution in [2.45, 2.75) is 23.8 Å². The highest BCUT2D eigenvalue weighted by Crippen LogP contribution is 2.25. The number of nitrogens with zero attached hydrogens (tertiary/aromatic N) is 3. The van der Waals surface area contributed by atoms with Crippen molar-refractivity contribution in [3.05, 3.63) is 103 Å². The third-order valence-corrected chi connectivity index (χ3v) is 7.97. The van der Waals surface area contributed by atoms with Gasteiger partial charge in [0.05, 0.1) is 22.3 Å². The quantitative estimate of drug-likeness (QED) is 0.140. The number of benzene rings is 3. The van der Waals surface area contributed by atoms with Crippen LogP contribution in [0.25, 0.3) is 5.69 Å². The fourth-order valence-corrected chi connectivity index (χ4v) is 5.62. The third kappa shape index (κ3) is 6.01. The number of amides is 3. The van der Waals surface area contributed by atoms with Crippen LogP contribution in [-0.4, -0.2) is 58.4 Å². The summed E-state index contributed by atoms with van der Waals surface area (Å²) in [5.74, 6) is -0.947. The van der Waals surface area contributed by atoms with Gasteiger partial charge in [-0.05, 0) is 73.5 Å². The van der Waals surface area contributed by atoms with Crippen LogP contribution in [0, 0.1) is 0 Å². The smallest absolute Gasteiger partial charge is 0.261 e. The van der Waals surface area contributed by atoms with Crippen LogP contribution in [0.3, 0.4) is 0 Å². The summed E-state index contributed by atoms with van der Waals surface area (Å²) in [4.78, 5) is 42.3. The molecule has 0 saturated carbocycles. The second-order valence-electron chi connectivity index (χ2n) is 9.14. The minimum Gasteiger partial charge on any atom is -0.457 e. The lowest BCUT2D eigenvalue weighted by molar-refractivity contribution is -0.131. The van der Waals surface area contributed by atoms with E-state index >= 15 is 0 Å². The number of nitrogens with one attached hydrogen (secondary N) is 2. The maximum atomic E-state index is 13.0. The number of hydroxylamine groups is 1. The number of hydrogen-bond acceptors (Lipinski definition) is 8. The van der Waals surface area contributed by atoms with Gasteiger partial charge in [0.25, 0.3) is 17.7 Å². The Labute approximate surface area is 235 Å². The van der Waals surface area contributed by atoms with Gasteiger partial charge in [-0.1, -0.05) is 12.1 Å². The summed E-state index contributed by atoms with van der Waals surface area (Å²) in [7, 11) is -4.18. The molecule has 0 saturated heterocycles. The van der Waals surface area contributed by atoms with Gasteiger partial charge < -0.3 is 9.30 Å². The molecule has 1 aromatic heterocycles. The SMILES string of the molecule is O=C(NO)C(CCCN1C(=O)c2ccccc2C1=O)NS(=O)(=O)c1ccc(Oc2ccc(-n3ccnc3)cc2)cc1. The van der Waals surface area contributed by atoms with E-state index in [1.165, 1.54) is 29.7 Å². The number of imide groups is 1. The lowest BCUT2D eigenvalue weighted by Crippen LogP contribution is -2.46. The summed E-state index contributed by atoms with van der Waals surface area (Å²) in [6, 6.07) is 17.9. The Kier molecular flexibility index (Phi) is 7.92. The van der Waals surface area contributed by atoms with Crippen LogP contribution in [0.4, 0.5) is 0 Å². The molecule has 3 aromatic carbocycles. The highest BCUT2D eigenvalue weighted by Gasteiger charge is 2.35. The van der Waals surface area contributed by atoms with E-state index in [1.807, 2.05) is 22.9 Å². The minimum absolute atomic E-state index is 0.0291. The number of rotatable bonds is 11. The lowest BCUT2D eigenvalue weighted by Gasteiger charge is -2.19. The average molecular weight is 576 g/mol. The molecule has 1 atom stereocenters. The monoisotopic (exact) mass is 575 g/mol. The van der Waals surface area contributed by atoms with E-state index in [0.717, 1.165) is 10.6 Å². The molecule has 0 radical (unpaired) electrons. The Morgan fingerprint density at radius 1 is 0.927 bits per heavy atom. The van der Waals surface area contributed by atoms with E-state index in [2.05, 4.69) is 9.71 Å². The first-order chi connectivity index (χ1) is 19.8. The third-order valence-electron chi connectivity index (χ3n) is 6.49. The zero-order valence-electron chi connectivity index (χ0n) is 21.5. The average Bonchev–Trinajstić information content (AvgIpc) is 3.61. The summed E-state index contributed by atoms with van der Waals surface area (Å²) in [5.41, 5.74) is 2.94. The molecule has 41 heavy (non-hydrogen) atoms. The van der Waals surface area contributed by atoms with Gasteiger partial charge in [0.1, 0.15) is 17.5 Å². The number of carbonyl (C=O) groups is 3. The molecule has 1 aliphatic rings. The van der Waals surface area contributed by atoms with Crippen molar-refractivity contribution in [2.24, 2.45) is 0 Å². The molecule has 1 unspecified atom stereocenters. The molecule has 2 heterocycles. The van der Waals surface area contributed by atoms with E-state index in [-0.39, 0.29) is 24.3 Å². The molecule has 0 fully saturated rings. The van der Waals surface area contributed by atoms with Crippen LogP contribution >= 0.6 is 0 Å². The van der Waals surface area contributed by atoms with Gasteiger partial charge >= 0.3 is 0 Å². The van der Waals surface area contributed by atoms with Crippen molar-refractivity contribution in [3.63, 3.8) is 0 Å². The number of fused-ring (bicyclic) bond motifs is 1. The highest BCUT2D eigenvalue weighted by molar-refractivity contribution is 7.89. The maximum Gasteiger partial charge on any atom is 0.261 e. The number of aromatic nitrogens is 2. The van der Waals surface area contributed by atoms with Crippen LogP contribution in [0.5, 0.6) is 11.5 Å². The van der Waals surface area contributed by atoms with Gasteiger partial charge in [0, 0.05) is 24.6 Å². The summed E-state index contributed by atoms with van der Waals surface area (Å²) >= 11 is 0. The van der Waals surface area contributed by atoms with Crippen molar-refractivity contribution < 1.29 is 32.7 Å². The number of ether oxygens (including phenoxy) is 1. The Hall–Kier alpha value is -4.85. The first-order valence-corrected chi connectivity index (χ1v) is 14.0. The fourth-order valence-electron chi connectivity index (χ4n) is 4.39. The molecule has 12 nitrogen and oxygen atoms in total. The minimum atomic E-state index is -4.18. The molecule has 0 aliphatic carbocycles. The van der Waals surface area contributed by atoms with Crippen molar-refractivity contribution in [1.82, 2.24) is 24.7 Å². The normalized spacial score (nSPS) is 13.6. The summed E-state index contributed by atoms with van der Waals surface area (Å²) in [5, 5.41) is 9.16. The first-order valence-electron chi connectivity index (χ1n) is 12.5. The highest BCUT2D eigenvalue weighted by atomic mass is 32.2. The summed E-state index contributed by atoms with van der Waals surface area (Å²) in [6.45, 7) is -0.0291. The molecule has 1 aliphatic heterocycles. The maximum absolute atomic E-state index is 13.0. The molecule has 0 spiro atoms. The Bertz CT molecular complexity index is 1640. The summed E-state index contributed by atoms with van der Waals surface area (Å²) in [6.07, 6.45) is 5.18. The zero-order valence-corrected chi connectivity index (χ0v) is 22.3. The van der Waals surface area contributed by atoms with E-state index in [0.29, 0.717) is 22.6 Å². The Morgan fingerprint density at radius 2 is 1.54 bits per heavy atom. The van der Waals surface area contributed by atoms with Crippen LogP contribution in [0.15, 0.2) is 96.4 Å². The molecule has 3 N–H and O–H groups in total. The van der Waals surface area contributed by atoms with Crippen molar-refractivity contribution in [2.75, 3.05) is 6.54 Å². The van der Waals surface area contributed by atoms with Crippen LogP contribution in [0.2, 0.25) is 0 Å². The summed E-state index contributed by atoms with van der Waals surface area (Å²) < 4.78 is 35.9. The number of carbonyl (C=O) groups excluding carboxylic acids is 3. The molecular weight excluding hydrogens is 550 g/mol. The van der Waals surface area contributed by atoms with E-state index < -0.39 is 33.8 Å². The molecule has 210 valence electrons. The second kappa shape index (κ2) is 11.7. The number of sulfonamides is 1. The number of imidazole rings is 1. The van der Waals surface area contributed by atoms with Crippen LogP contribution in [0.1, 0.15) is 33.6 Å². The van der Waals surface area contributed by atoms with Gasteiger partial charge in [-0.25, -0.2) is 18.9 Å². The molecule has 0 bridgehead atoms. The van der Waals surface area contributed by atoms with Gasteiger partial charge in [0.2, 0.25) is 10.0 Å². The van der Waals surface area contributed by atoms with Crippen molar-refractivity contribution >= 4 is 27.7 Å². The molecular formula is C28H25N5O7S. The fraction of sp³-hybridized carbons (Fsp3) is 0.143. The molecule has 13 heteroatoms. The van der Waals surface area contributed by atoms with Gasteiger partial charge in [-0.3, -0.25) is 24.5 Å². The Balaban J connectivity index is 1.20. The first kappa shape index (κ1) is 27.7. The predicted molar refractivity (Wildman–Crippen MR) is 145 cm³/mol. The molecule has 3 amide bonds. The van der Waals surface area contributed by atoms with Gasteiger partial charge in [0.15, 0.2) is 0 Å². The molecule has 5 rings (SSSR count). The van der Waals surface area contributed by atoms with Crippen LogP contribution in [-0.2, 0) is 14.8 Å². The zero-order chi connectivity index (χ0) is 29.0. The van der Waals surface area contributed by atoms with Crippen molar-refractivity contribution in [1.29, 1.82) is 0 Å². The largest absolute Gasteiger partial charge is 0.457 e. The number of hydrogen-bond donors (Lipinski definition) is 3. The molecule has 4 aromatic rings. The van der Waals surface area contributed by atoms with E-state index in [1.54, 1.807) is 48.9 Å². The van der Waals surface area contributed by atoms with Gasteiger partial charge in [-0.2, -0.15) is 4.72 Å². The van der Waals surface area contributed by atoms with E-state index in [9.17, 15) is 22.8 Å². The Morgan fingerprint density at radius 3 is 2.10 bits per heavy atom. The van der Waals surface area contributed by atoms with Crippen molar-refractivity contribution in [3.8, 4) is 17.2 Å². The second-order valence-corrected chi connectivity index (χ2v) is 10.9. The van der Waals surface area contributed by atoms with Gasteiger partial charge in [-0.15, -0.1) is 0 Å². The standard InChI is InChI=1S/C28H25N5O7S/c34-26(30-37)25(6-3-16-33-27(35)23-4-1-2-5-24(23)28(33)36)31-41(38,39)22-13-11-21(12-14-22)40-20-9-7-19(8-10-20)32-17-15-29-18-32/h1-2,4-5,7-15,17-18,25,31,37H,3,6,16H2,(H,30,34). The lowest BCUT2D eigenvalue weighted by atomic mass is 10.1. The van der Waals surface area contributed by atoms with E-state index in [4.69, 9.17) is 9.94 Å². The topological polar surface area (TPSA) is 160 Å². The predicted octanol–water partition coefficient (Wildman–Crippen LogP) is 2.89. The van der Waals surface area contributed by atoms with Crippen LogP contribution < -0.4 is 14.9 Å².